The molecule has 2 aliphatic heterocycles. The molecule has 1 atom stereocenters. The molecule has 0 bridgehead atoms. The van der Waals surface area contributed by atoms with Crippen LogP contribution in [0.4, 0.5) is 5.69 Å². The van der Waals surface area contributed by atoms with Crippen molar-refractivity contribution in [2.45, 2.75) is 38.6 Å². The average molecular weight is 342 g/mol. The van der Waals surface area contributed by atoms with Gasteiger partial charge in [-0.25, -0.2) is 0 Å². The Morgan fingerprint density at radius 3 is 2.88 bits per heavy atom. The quantitative estimate of drug-likeness (QED) is 0.838. The van der Waals surface area contributed by atoms with E-state index >= 15 is 0 Å². The SMILES string of the molecule is Cc1nnc(CN2C[C@@H](CCN3CCCC3=O)c3ccccc32)s1. The number of benzene rings is 1. The highest BCUT2D eigenvalue weighted by molar-refractivity contribution is 7.11. The molecule has 0 spiro atoms. The van der Waals surface area contributed by atoms with Crippen LogP contribution < -0.4 is 4.90 Å². The highest BCUT2D eigenvalue weighted by Gasteiger charge is 2.30. The number of carbonyl (C=O) groups excluding carboxylic acids is 1. The van der Waals surface area contributed by atoms with Crippen molar-refractivity contribution in [3.8, 4) is 0 Å². The fourth-order valence-electron chi connectivity index (χ4n) is 3.80. The van der Waals surface area contributed by atoms with E-state index in [0.717, 1.165) is 55.5 Å². The molecule has 0 radical (unpaired) electrons. The van der Waals surface area contributed by atoms with Crippen LogP contribution in [0.1, 0.15) is 40.8 Å². The monoisotopic (exact) mass is 342 g/mol. The van der Waals surface area contributed by atoms with Gasteiger partial charge in [0.05, 0.1) is 6.54 Å². The first-order chi connectivity index (χ1) is 11.7. The molecule has 1 saturated heterocycles. The lowest BCUT2D eigenvalue weighted by molar-refractivity contribution is -0.127. The van der Waals surface area contributed by atoms with Crippen molar-refractivity contribution in [2.75, 3.05) is 24.5 Å². The Morgan fingerprint density at radius 1 is 1.25 bits per heavy atom. The number of hydrogen-bond donors (Lipinski definition) is 0. The van der Waals surface area contributed by atoms with Gasteiger partial charge in [0.15, 0.2) is 0 Å². The molecule has 4 rings (SSSR count). The maximum Gasteiger partial charge on any atom is 0.222 e. The number of para-hydroxylation sites is 1. The number of carbonyl (C=O) groups is 1. The first-order valence-corrected chi connectivity index (χ1v) is 9.43. The lowest BCUT2D eigenvalue weighted by atomic mass is 9.98. The molecule has 0 aliphatic carbocycles. The van der Waals surface area contributed by atoms with Crippen molar-refractivity contribution in [3.63, 3.8) is 0 Å². The summed E-state index contributed by atoms with van der Waals surface area (Å²) in [6, 6.07) is 8.65. The molecular weight excluding hydrogens is 320 g/mol. The zero-order valence-corrected chi connectivity index (χ0v) is 14.8. The van der Waals surface area contributed by atoms with Crippen molar-refractivity contribution in [3.05, 3.63) is 39.8 Å². The zero-order valence-electron chi connectivity index (χ0n) is 13.9. The fraction of sp³-hybridized carbons (Fsp3) is 0.500. The molecule has 1 aromatic carbocycles. The number of fused-ring (bicyclic) bond motifs is 1. The summed E-state index contributed by atoms with van der Waals surface area (Å²) in [6.07, 6.45) is 2.78. The summed E-state index contributed by atoms with van der Waals surface area (Å²) in [7, 11) is 0. The van der Waals surface area contributed by atoms with Gasteiger partial charge in [0.1, 0.15) is 10.0 Å². The average Bonchev–Trinajstić information content (AvgIpc) is 3.27. The molecule has 0 saturated carbocycles. The molecule has 1 amide bonds. The van der Waals surface area contributed by atoms with Crippen LogP contribution in [-0.4, -0.2) is 40.6 Å². The molecule has 1 aromatic heterocycles. The van der Waals surface area contributed by atoms with Crippen LogP contribution in [0.2, 0.25) is 0 Å². The van der Waals surface area contributed by atoms with Crippen LogP contribution in [0.25, 0.3) is 0 Å². The Labute approximate surface area is 146 Å². The number of rotatable bonds is 5. The Balaban J connectivity index is 1.47. The van der Waals surface area contributed by atoms with Crippen LogP contribution in [0, 0.1) is 6.92 Å². The fourth-order valence-corrected chi connectivity index (χ4v) is 4.52. The van der Waals surface area contributed by atoms with Gasteiger partial charge in [-0.3, -0.25) is 4.79 Å². The maximum absolute atomic E-state index is 11.8. The van der Waals surface area contributed by atoms with Gasteiger partial charge in [0.25, 0.3) is 0 Å². The van der Waals surface area contributed by atoms with Crippen LogP contribution >= 0.6 is 11.3 Å². The van der Waals surface area contributed by atoms with E-state index in [4.69, 9.17) is 0 Å². The molecule has 126 valence electrons. The van der Waals surface area contributed by atoms with Crippen molar-refractivity contribution in [2.24, 2.45) is 0 Å². The summed E-state index contributed by atoms with van der Waals surface area (Å²) in [5.41, 5.74) is 2.72. The van der Waals surface area contributed by atoms with Gasteiger partial charge in [0.2, 0.25) is 5.91 Å². The predicted octanol–water partition coefficient (Wildman–Crippen LogP) is 2.96. The third-order valence-corrected chi connectivity index (χ3v) is 5.79. The van der Waals surface area contributed by atoms with Crippen molar-refractivity contribution < 1.29 is 4.79 Å². The van der Waals surface area contributed by atoms with E-state index in [2.05, 4.69) is 39.4 Å². The van der Waals surface area contributed by atoms with Gasteiger partial charge in [-0.1, -0.05) is 29.5 Å². The van der Waals surface area contributed by atoms with E-state index < -0.39 is 0 Å². The minimum atomic E-state index is 0.322. The second kappa shape index (κ2) is 6.51. The Morgan fingerprint density at radius 2 is 2.12 bits per heavy atom. The highest BCUT2D eigenvalue weighted by Crippen LogP contribution is 2.39. The molecule has 6 heteroatoms. The first-order valence-electron chi connectivity index (χ1n) is 8.61. The number of likely N-dealkylation sites (tertiary alicyclic amines) is 1. The van der Waals surface area contributed by atoms with E-state index in [0.29, 0.717) is 11.8 Å². The molecule has 0 N–H and O–H groups in total. The Hall–Kier alpha value is -1.95. The minimum absolute atomic E-state index is 0.322. The summed E-state index contributed by atoms with van der Waals surface area (Å²) in [5.74, 6) is 0.811. The van der Waals surface area contributed by atoms with Gasteiger partial charge in [-0.05, 0) is 31.4 Å². The topological polar surface area (TPSA) is 49.3 Å². The van der Waals surface area contributed by atoms with E-state index in [1.807, 2.05) is 11.8 Å². The van der Waals surface area contributed by atoms with Gasteiger partial charge in [0, 0.05) is 37.7 Å². The summed E-state index contributed by atoms with van der Waals surface area (Å²) >= 11 is 1.67. The van der Waals surface area contributed by atoms with Crippen LogP contribution in [0.5, 0.6) is 0 Å². The lowest BCUT2D eigenvalue weighted by Gasteiger charge is -2.20. The Bertz CT molecular complexity index is 744. The van der Waals surface area contributed by atoms with Gasteiger partial charge < -0.3 is 9.80 Å². The minimum Gasteiger partial charge on any atom is -0.364 e. The Kier molecular flexibility index (Phi) is 4.22. The number of anilines is 1. The van der Waals surface area contributed by atoms with Crippen LogP contribution in [0.3, 0.4) is 0 Å². The summed E-state index contributed by atoms with van der Waals surface area (Å²) in [6.45, 7) is 5.63. The largest absolute Gasteiger partial charge is 0.364 e. The molecule has 2 aromatic rings. The molecule has 1 fully saturated rings. The van der Waals surface area contributed by atoms with Crippen molar-refractivity contribution in [1.82, 2.24) is 15.1 Å². The van der Waals surface area contributed by atoms with E-state index in [1.165, 1.54) is 11.3 Å². The number of hydrogen-bond acceptors (Lipinski definition) is 5. The van der Waals surface area contributed by atoms with Crippen molar-refractivity contribution >= 4 is 22.9 Å². The number of nitrogens with zero attached hydrogens (tertiary/aromatic N) is 4. The number of aryl methyl sites for hydroxylation is 1. The lowest BCUT2D eigenvalue weighted by Crippen LogP contribution is -2.28. The molecule has 0 unspecified atom stereocenters. The van der Waals surface area contributed by atoms with Crippen LogP contribution in [0.15, 0.2) is 24.3 Å². The first kappa shape index (κ1) is 15.6. The normalized spacial score (nSPS) is 20.0. The van der Waals surface area contributed by atoms with Crippen molar-refractivity contribution in [1.29, 1.82) is 0 Å². The predicted molar refractivity (Wildman–Crippen MR) is 95.3 cm³/mol. The summed E-state index contributed by atoms with van der Waals surface area (Å²) in [4.78, 5) is 16.3. The molecule has 24 heavy (non-hydrogen) atoms. The standard InChI is InChI=1S/C18H22N4OS/c1-13-19-20-17(24-13)12-22-11-14(15-5-2-3-6-16(15)22)8-10-21-9-4-7-18(21)23/h2-3,5-6,14H,4,7-12H2,1H3/t14-/m1/s1. The molecular formula is C18H22N4OS. The molecule has 5 nitrogen and oxygen atoms in total. The van der Waals surface area contributed by atoms with Crippen LogP contribution in [-0.2, 0) is 11.3 Å². The van der Waals surface area contributed by atoms with E-state index in [-0.39, 0.29) is 0 Å². The summed E-state index contributed by atoms with van der Waals surface area (Å²) in [5, 5.41) is 10.5. The van der Waals surface area contributed by atoms with E-state index in [9.17, 15) is 4.79 Å². The van der Waals surface area contributed by atoms with E-state index in [1.54, 1.807) is 11.3 Å². The third kappa shape index (κ3) is 3.02. The third-order valence-electron chi connectivity index (χ3n) is 4.97. The molecule has 3 heterocycles. The zero-order chi connectivity index (χ0) is 16.5. The van der Waals surface area contributed by atoms with Gasteiger partial charge in [-0.15, -0.1) is 10.2 Å². The van der Waals surface area contributed by atoms with Gasteiger partial charge in [-0.2, -0.15) is 0 Å². The second-order valence-corrected chi connectivity index (χ2v) is 7.89. The second-order valence-electron chi connectivity index (χ2n) is 6.62. The number of aromatic nitrogens is 2. The summed E-state index contributed by atoms with van der Waals surface area (Å²) < 4.78 is 0. The van der Waals surface area contributed by atoms with Gasteiger partial charge >= 0.3 is 0 Å². The maximum atomic E-state index is 11.8. The molecule has 2 aliphatic rings. The smallest absolute Gasteiger partial charge is 0.222 e. The highest BCUT2D eigenvalue weighted by atomic mass is 32.1. The number of amides is 1.